The van der Waals surface area contributed by atoms with Crippen molar-refractivity contribution in [3.8, 4) is 0 Å². The van der Waals surface area contributed by atoms with Crippen molar-refractivity contribution in [3.05, 3.63) is 25.3 Å². The number of allylic oxidation sites excluding steroid dienone is 2. The summed E-state index contributed by atoms with van der Waals surface area (Å²) in [4.78, 5) is 0. The summed E-state index contributed by atoms with van der Waals surface area (Å²) in [6.07, 6.45) is 14.6. The number of hydrogen-bond acceptors (Lipinski definition) is 0. The zero-order valence-corrected chi connectivity index (χ0v) is 13.9. The molecule has 0 saturated carbocycles. The van der Waals surface area contributed by atoms with Crippen LogP contribution in [0.3, 0.4) is 0 Å². The van der Waals surface area contributed by atoms with Gasteiger partial charge in [-0.1, -0.05) is 72.0 Å². The first kappa shape index (κ1) is 18.5. The summed E-state index contributed by atoms with van der Waals surface area (Å²) in [6, 6.07) is 0. The predicted molar refractivity (Wildman–Crippen MR) is 89.4 cm³/mol. The van der Waals surface area contributed by atoms with Gasteiger partial charge in [-0.15, -0.1) is 13.2 Å². The molecule has 0 aliphatic rings. The Morgan fingerprint density at radius 3 is 2.05 bits per heavy atom. The molecular formula is C19H36. The maximum Gasteiger partial charge on any atom is -0.00641 e. The third-order valence-corrected chi connectivity index (χ3v) is 4.83. The Hall–Kier alpha value is -0.520. The van der Waals surface area contributed by atoms with Crippen LogP contribution in [0.1, 0.15) is 79.1 Å². The highest BCUT2D eigenvalue weighted by Gasteiger charge is 2.38. The standard InChI is InChI=1S/C19H36/c1-7-12-16-19(11-5,17(6)13-8-2)18(14-9-3)15-10-4/h9,11,17-18H,3,5,7-8,10,12-16H2,1-2,4,6H3. The van der Waals surface area contributed by atoms with Crippen molar-refractivity contribution < 1.29 is 0 Å². The minimum absolute atomic E-state index is 0.316. The normalized spacial score (nSPS) is 17.5. The van der Waals surface area contributed by atoms with Crippen molar-refractivity contribution in [2.45, 2.75) is 79.1 Å². The molecule has 0 aromatic carbocycles. The molecule has 0 radical (unpaired) electrons. The van der Waals surface area contributed by atoms with E-state index in [0.717, 1.165) is 18.3 Å². The molecule has 0 N–H and O–H groups in total. The van der Waals surface area contributed by atoms with Crippen molar-refractivity contribution in [1.82, 2.24) is 0 Å². The largest absolute Gasteiger partial charge is 0.103 e. The van der Waals surface area contributed by atoms with Crippen LogP contribution in [0.5, 0.6) is 0 Å². The highest BCUT2D eigenvalue weighted by Crippen LogP contribution is 2.47. The Labute approximate surface area is 122 Å². The van der Waals surface area contributed by atoms with Crippen LogP contribution >= 0.6 is 0 Å². The Morgan fingerprint density at radius 1 is 1.00 bits per heavy atom. The molecule has 0 aromatic rings. The fourth-order valence-corrected chi connectivity index (χ4v) is 3.66. The maximum absolute atomic E-state index is 4.24. The summed E-state index contributed by atoms with van der Waals surface area (Å²) in [5.74, 6) is 1.46. The molecular weight excluding hydrogens is 228 g/mol. The molecule has 0 aromatic heterocycles. The van der Waals surface area contributed by atoms with Crippen LogP contribution in [-0.2, 0) is 0 Å². The van der Waals surface area contributed by atoms with Crippen molar-refractivity contribution >= 4 is 0 Å². The van der Waals surface area contributed by atoms with Crippen LogP contribution in [0, 0.1) is 17.3 Å². The summed E-state index contributed by atoms with van der Waals surface area (Å²) in [5, 5.41) is 0. The molecule has 0 aliphatic carbocycles. The van der Waals surface area contributed by atoms with E-state index in [2.05, 4.69) is 53.0 Å². The molecule has 19 heavy (non-hydrogen) atoms. The summed E-state index contributed by atoms with van der Waals surface area (Å²) >= 11 is 0. The molecule has 0 rings (SSSR count). The lowest BCUT2D eigenvalue weighted by Crippen LogP contribution is -2.35. The van der Waals surface area contributed by atoms with Gasteiger partial charge >= 0.3 is 0 Å². The van der Waals surface area contributed by atoms with E-state index in [1.54, 1.807) is 0 Å². The predicted octanol–water partition coefficient (Wildman–Crippen LogP) is 6.78. The molecule has 3 atom stereocenters. The summed E-state index contributed by atoms with van der Waals surface area (Å²) in [6.45, 7) is 17.5. The van der Waals surface area contributed by atoms with Crippen LogP contribution < -0.4 is 0 Å². The molecule has 0 amide bonds. The molecule has 0 fully saturated rings. The van der Waals surface area contributed by atoms with E-state index in [1.165, 1.54) is 44.9 Å². The monoisotopic (exact) mass is 264 g/mol. The number of hydrogen-bond donors (Lipinski definition) is 0. The van der Waals surface area contributed by atoms with Gasteiger partial charge in [-0.3, -0.25) is 0 Å². The van der Waals surface area contributed by atoms with E-state index in [9.17, 15) is 0 Å². The van der Waals surface area contributed by atoms with Gasteiger partial charge in [0.1, 0.15) is 0 Å². The molecule has 0 aliphatic heterocycles. The summed E-state index contributed by atoms with van der Waals surface area (Å²) in [5.41, 5.74) is 0.316. The van der Waals surface area contributed by atoms with Crippen molar-refractivity contribution in [1.29, 1.82) is 0 Å². The van der Waals surface area contributed by atoms with Gasteiger partial charge in [0.15, 0.2) is 0 Å². The lowest BCUT2D eigenvalue weighted by atomic mass is 9.61. The number of rotatable bonds is 12. The van der Waals surface area contributed by atoms with Crippen LogP contribution in [0.25, 0.3) is 0 Å². The van der Waals surface area contributed by atoms with Crippen LogP contribution in [-0.4, -0.2) is 0 Å². The Bertz CT molecular complexity index is 240. The van der Waals surface area contributed by atoms with Crippen LogP contribution in [0.4, 0.5) is 0 Å². The zero-order valence-electron chi connectivity index (χ0n) is 13.9. The highest BCUT2D eigenvalue weighted by atomic mass is 14.4. The van der Waals surface area contributed by atoms with Gasteiger partial charge in [0.25, 0.3) is 0 Å². The third-order valence-electron chi connectivity index (χ3n) is 4.83. The van der Waals surface area contributed by atoms with Gasteiger partial charge in [-0.2, -0.15) is 0 Å². The molecule has 3 unspecified atom stereocenters. The molecule has 0 saturated heterocycles. The Morgan fingerprint density at radius 2 is 1.63 bits per heavy atom. The van der Waals surface area contributed by atoms with Gasteiger partial charge in [0.2, 0.25) is 0 Å². The third kappa shape index (κ3) is 5.16. The fourth-order valence-electron chi connectivity index (χ4n) is 3.66. The smallest absolute Gasteiger partial charge is 0.00641 e. The minimum atomic E-state index is 0.316. The first-order chi connectivity index (χ1) is 9.12. The van der Waals surface area contributed by atoms with Crippen molar-refractivity contribution in [3.63, 3.8) is 0 Å². The van der Waals surface area contributed by atoms with E-state index in [-0.39, 0.29) is 0 Å². The first-order valence-electron chi connectivity index (χ1n) is 8.37. The lowest BCUT2D eigenvalue weighted by molar-refractivity contribution is 0.108. The van der Waals surface area contributed by atoms with Crippen molar-refractivity contribution in [2.24, 2.45) is 17.3 Å². The SMILES string of the molecule is C=CCC(CCC)C(C=C)(CCCC)C(C)CCC. The summed E-state index contributed by atoms with van der Waals surface area (Å²) < 4.78 is 0. The van der Waals surface area contributed by atoms with Gasteiger partial charge < -0.3 is 0 Å². The van der Waals surface area contributed by atoms with E-state index < -0.39 is 0 Å². The zero-order chi connectivity index (χ0) is 14.7. The van der Waals surface area contributed by atoms with Crippen molar-refractivity contribution in [2.75, 3.05) is 0 Å². The van der Waals surface area contributed by atoms with Gasteiger partial charge in [-0.25, -0.2) is 0 Å². The molecule has 0 nitrogen and oxygen atoms in total. The molecule has 0 heteroatoms. The molecule has 0 bridgehead atoms. The highest BCUT2D eigenvalue weighted by molar-refractivity contribution is 5.03. The average Bonchev–Trinajstić information content (AvgIpc) is 2.41. The second kappa shape index (κ2) is 10.3. The Balaban J connectivity index is 5.24. The minimum Gasteiger partial charge on any atom is -0.103 e. The average molecular weight is 264 g/mol. The van der Waals surface area contributed by atoms with E-state index in [1.807, 2.05) is 0 Å². The lowest BCUT2D eigenvalue weighted by Gasteiger charge is -2.44. The van der Waals surface area contributed by atoms with E-state index in [0.29, 0.717) is 5.41 Å². The fraction of sp³-hybridized carbons (Fsp3) is 0.789. The van der Waals surface area contributed by atoms with Gasteiger partial charge in [0, 0.05) is 0 Å². The van der Waals surface area contributed by atoms with Crippen LogP contribution in [0.2, 0.25) is 0 Å². The van der Waals surface area contributed by atoms with Crippen LogP contribution in [0.15, 0.2) is 25.3 Å². The molecule has 0 heterocycles. The maximum atomic E-state index is 4.24. The topological polar surface area (TPSA) is 0 Å². The van der Waals surface area contributed by atoms with Gasteiger partial charge in [0.05, 0.1) is 0 Å². The Kier molecular flexibility index (Phi) is 10.0. The molecule has 112 valence electrons. The summed E-state index contributed by atoms with van der Waals surface area (Å²) in [7, 11) is 0. The quantitative estimate of drug-likeness (QED) is 0.341. The first-order valence-corrected chi connectivity index (χ1v) is 8.37. The van der Waals surface area contributed by atoms with Gasteiger partial charge in [-0.05, 0) is 36.5 Å². The number of unbranched alkanes of at least 4 members (excludes halogenated alkanes) is 1. The molecule has 0 spiro atoms. The van der Waals surface area contributed by atoms with E-state index in [4.69, 9.17) is 0 Å². The second-order valence-corrected chi connectivity index (χ2v) is 6.12. The second-order valence-electron chi connectivity index (χ2n) is 6.12. The van der Waals surface area contributed by atoms with E-state index >= 15 is 0 Å².